The van der Waals surface area contributed by atoms with Crippen LogP contribution in [0.25, 0.3) is 0 Å². The van der Waals surface area contributed by atoms with E-state index in [1.165, 1.54) is 23.1 Å². The summed E-state index contributed by atoms with van der Waals surface area (Å²) in [6, 6.07) is 16.9. The third-order valence-corrected chi connectivity index (χ3v) is 10.4. The first-order valence-corrected chi connectivity index (χ1v) is 16.5. The van der Waals surface area contributed by atoms with Crippen molar-refractivity contribution < 1.29 is 18.0 Å². The van der Waals surface area contributed by atoms with Crippen LogP contribution in [0.15, 0.2) is 71.6 Å². The minimum Gasteiger partial charge on any atom is -0.352 e. The SMILES string of the molecule is CC[C@H](C(=O)NC1CCCC1)N(Cc1ccc(Cl)c(Cl)c1)C(=O)CN(c1ccc(C)c(Cl)c1)S(=O)(=O)c1ccccc1. The van der Waals surface area contributed by atoms with Gasteiger partial charge in [0.25, 0.3) is 10.0 Å². The van der Waals surface area contributed by atoms with Gasteiger partial charge in [-0.05, 0) is 73.7 Å². The number of sulfonamides is 1. The van der Waals surface area contributed by atoms with Crippen molar-refractivity contribution in [3.63, 3.8) is 0 Å². The molecule has 1 N–H and O–H groups in total. The quantitative estimate of drug-likeness (QED) is 0.242. The predicted octanol–water partition coefficient (Wildman–Crippen LogP) is 7.02. The van der Waals surface area contributed by atoms with Crippen molar-refractivity contribution in [1.82, 2.24) is 10.2 Å². The summed E-state index contributed by atoms with van der Waals surface area (Å²) >= 11 is 18.8. The molecule has 0 radical (unpaired) electrons. The number of aryl methyl sites for hydroxylation is 1. The Kier molecular flexibility index (Phi) is 10.8. The van der Waals surface area contributed by atoms with Crippen LogP contribution < -0.4 is 9.62 Å². The molecule has 1 atom stereocenters. The van der Waals surface area contributed by atoms with E-state index in [9.17, 15) is 18.0 Å². The highest BCUT2D eigenvalue weighted by atomic mass is 35.5. The number of carbonyl (C=O) groups is 2. The molecule has 0 spiro atoms. The van der Waals surface area contributed by atoms with E-state index >= 15 is 0 Å². The van der Waals surface area contributed by atoms with E-state index in [0.29, 0.717) is 27.1 Å². The molecular weight excluding hydrogens is 617 g/mol. The Morgan fingerprint density at radius 1 is 0.929 bits per heavy atom. The summed E-state index contributed by atoms with van der Waals surface area (Å²) in [5, 5.41) is 4.14. The van der Waals surface area contributed by atoms with Crippen LogP contribution in [0, 0.1) is 6.92 Å². The van der Waals surface area contributed by atoms with Crippen molar-refractivity contribution >= 4 is 62.3 Å². The summed E-state index contributed by atoms with van der Waals surface area (Å²) in [7, 11) is -4.18. The lowest BCUT2D eigenvalue weighted by Crippen LogP contribution is -2.53. The third-order valence-electron chi connectivity index (χ3n) is 7.48. The topological polar surface area (TPSA) is 86.8 Å². The molecule has 3 aromatic carbocycles. The Morgan fingerprint density at radius 3 is 2.24 bits per heavy atom. The minimum absolute atomic E-state index is 0.0246. The minimum atomic E-state index is -4.18. The first-order chi connectivity index (χ1) is 20.0. The number of anilines is 1. The highest BCUT2D eigenvalue weighted by molar-refractivity contribution is 7.92. The maximum atomic E-state index is 14.2. The Hall–Kier alpha value is -2.78. The number of nitrogens with one attached hydrogen (secondary N) is 1. The number of nitrogens with zero attached hydrogens (tertiary/aromatic N) is 2. The van der Waals surface area contributed by atoms with Crippen molar-refractivity contribution in [2.24, 2.45) is 0 Å². The molecule has 224 valence electrons. The Balaban J connectivity index is 1.73. The predicted molar refractivity (Wildman–Crippen MR) is 169 cm³/mol. The lowest BCUT2D eigenvalue weighted by molar-refractivity contribution is -0.140. The summed E-state index contributed by atoms with van der Waals surface area (Å²) in [4.78, 5) is 29.2. The summed E-state index contributed by atoms with van der Waals surface area (Å²) in [6.45, 7) is 3.11. The van der Waals surface area contributed by atoms with E-state index in [-0.39, 0.29) is 29.1 Å². The van der Waals surface area contributed by atoms with Gasteiger partial charge in [-0.3, -0.25) is 13.9 Å². The van der Waals surface area contributed by atoms with E-state index in [2.05, 4.69) is 5.32 Å². The van der Waals surface area contributed by atoms with Crippen LogP contribution >= 0.6 is 34.8 Å². The molecule has 1 saturated carbocycles. The lowest BCUT2D eigenvalue weighted by atomic mass is 10.1. The van der Waals surface area contributed by atoms with Gasteiger partial charge in [-0.2, -0.15) is 0 Å². The fraction of sp³-hybridized carbons (Fsp3) is 0.355. The number of amides is 2. The number of benzene rings is 3. The highest BCUT2D eigenvalue weighted by Gasteiger charge is 2.34. The van der Waals surface area contributed by atoms with Crippen LogP contribution in [0.2, 0.25) is 15.1 Å². The maximum Gasteiger partial charge on any atom is 0.264 e. The third kappa shape index (κ3) is 7.59. The zero-order chi connectivity index (χ0) is 30.4. The van der Waals surface area contributed by atoms with Gasteiger partial charge in [0.1, 0.15) is 12.6 Å². The standard InChI is InChI=1S/C31H34Cl3N3O4S/c1-3-29(31(39)35-23-9-7-8-10-23)36(19-22-14-16-26(32)28(34)17-22)30(38)20-37(24-15-13-21(2)27(33)18-24)42(40,41)25-11-5-4-6-12-25/h4-6,11-18,23,29H,3,7-10,19-20H2,1-2H3,(H,35,39)/t29-/m1/s1. The fourth-order valence-corrected chi connectivity index (χ4v) is 7.03. The number of hydrogen-bond donors (Lipinski definition) is 1. The fourth-order valence-electron chi connectivity index (χ4n) is 5.11. The van der Waals surface area contributed by atoms with Gasteiger partial charge in [0.05, 0.1) is 20.6 Å². The molecule has 1 fully saturated rings. The second-order valence-corrected chi connectivity index (χ2v) is 13.5. The number of halogens is 3. The molecule has 0 heterocycles. The summed E-state index contributed by atoms with van der Waals surface area (Å²) in [6.07, 6.45) is 4.19. The average Bonchev–Trinajstić information content (AvgIpc) is 3.48. The number of rotatable bonds is 11. The molecule has 0 bridgehead atoms. The molecule has 11 heteroatoms. The van der Waals surface area contributed by atoms with Gasteiger partial charge >= 0.3 is 0 Å². The second kappa shape index (κ2) is 14.1. The van der Waals surface area contributed by atoms with Gasteiger partial charge in [0.15, 0.2) is 0 Å². The highest BCUT2D eigenvalue weighted by Crippen LogP contribution is 2.29. The van der Waals surface area contributed by atoms with E-state index in [4.69, 9.17) is 34.8 Å². The molecule has 3 aromatic rings. The molecule has 0 aromatic heterocycles. The molecule has 7 nitrogen and oxygen atoms in total. The Bertz CT molecular complexity index is 1530. The molecule has 0 saturated heterocycles. The second-order valence-electron chi connectivity index (χ2n) is 10.4. The van der Waals surface area contributed by atoms with Crippen LogP contribution in [0.4, 0.5) is 5.69 Å². The van der Waals surface area contributed by atoms with Crippen LogP contribution in [0.1, 0.15) is 50.2 Å². The molecular formula is C31H34Cl3N3O4S. The van der Waals surface area contributed by atoms with Crippen molar-refractivity contribution in [2.75, 3.05) is 10.8 Å². The smallest absolute Gasteiger partial charge is 0.264 e. The Morgan fingerprint density at radius 2 is 1.62 bits per heavy atom. The maximum absolute atomic E-state index is 14.2. The first-order valence-electron chi connectivity index (χ1n) is 13.9. The van der Waals surface area contributed by atoms with Gasteiger partial charge in [-0.1, -0.05) is 84.9 Å². The normalized spacial score (nSPS) is 14.4. The summed E-state index contributed by atoms with van der Waals surface area (Å²) in [5.74, 6) is -0.820. The summed E-state index contributed by atoms with van der Waals surface area (Å²) < 4.78 is 28.9. The molecule has 4 rings (SSSR count). The largest absolute Gasteiger partial charge is 0.352 e. The van der Waals surface area contributed by atoms with Crippen molar-refractivity contribution in [2.45, 2.75) is 69.5 Å². The van der Waals surface area contributed by atoms with Gasteiger partial charge in [0.2, 0.25) is 11.8 Å². The van der Waals surface area contributed by atoms with E-state index in [1.54, 1.807) is 55.5 Å². The monoisotopic (exact) mass is 649 g/mol. The van der Waals surface area contributed by atoms with Crippen LogP contribution in [0.3, 0.4) is 0 Å². The van der Waals surface area contributed by atoms with E-state index < -0.39 is 28.5 Å². The molecule has 0 aliphatic heterocycles. The zero-order valence-corrected chi connectivity index (χ0v) is 26.6. The first kappa shape index (κ1) is 32.1. The number of hydrogen-bond acceptors (Lipinski definition) is 4. The van der Waals surface area contributed by atoms with Crippen molar-refractivity contribution in [1.29, 1.82) is 0 Å². The summed E-state index contributed by atoms with van der Waals surface area (Å²) in [5.41, 5.74) is 1.65. The van der Waals surface area contributed by atoms with Gasteiger partial charge < -0.3 is 10.2 Å². The molecule has 1 aliphatic carbocycles. The van der Waals surface area contributed by atoms with Crippen molar-refractivity contribution in [3.05, 3.63) is 92.9 Å². The van der Waals surface area contributed by atoms with E-state index in [0.717, 1.165) is 35.6 Å². The van der Waals surface area contributed by atoms with Gasteiger partial charge in [-0.25, -0.2) is 8.42 Å². The zero-order valence-electron chi connectivity index (χ0n) is 23.5. The van der Waals surface area contributed by atoms with Gasteiger partial charge in [0, 0.05) is 17.6 Å². The molecule has 2 amide bonds. The van der Waals surface area contributed by atoms with E-state index in [1.807, 2.05) is 6.92 Å². The average molecular weight is 651 g/mol. The lowest BCUT2D eigenvalue weighted by Gasteiger charge is -2.34. The molecule has 1 aliphatic rings. The van der Waals surface area contributed by atoms with Gasteiger partial charge in [-0.15, -0.1) is 0 Å². The van der Waals surface area contributed by atoms with Crippen LogP contribution in [-0.2, 0) is 26.2 Å². The molecule has 42 heavy (non-hydrogen) atoms. The van der Waals surface area contributed by atoms with Crippen LogP contribution in [0.5, 0.6) is 0 Å². The number of carbonyl (C=O) groups excluding carboxylic acids is 2. The molecule has 0 unspecified atom stereocenters. The van der Waals surface area contributed by atoms with Crippen LogP contribution in [-0.4, -0.2) is 43.8 Å². The van der Waals surface area contributed by atoms with Crippen molar-refractivity contribution in [3.8, 4) is 0 Å². The Labute approximate surface area is 262 Å².